The molecule has 1 heterocycles. The number of carbonyl (C=O) groups is 1. The second-order valence-electron chi connectivity index (χ2n) is 7.04. The number of halogens is 1. The summed E-state index contributed by atoms with van der Waals surface area (Å²) in [5.74, 6) is 2.18. The molecule has 0 spiro atoms. The van der Waals surface area contributed by atoms with Crippen LogP contribution in [-0.2, 0) is 6.61 Å². The zero-order valence-corrected chi connectivity index (χ0v) is 18.7. The lowest BCUT2D eigenvalue weighted by Gasteiger charge is -2.25. The van der Waals surface area contributed by atoms with Gasteiger partial charge in [-0.3, -0.25) is 0 Å². The lowest BCUT2D eigenvalue weighted by atomic mass is 10.1. The molecule has 0 radical (unpaired) electrons. The zero-order valence-electron chi connectivity index (χ0n) is 17.1. The van der Waals surface area contributed by atoms with E-state index in [2.05, 4.69) is 5.32 Å². The molecule has 1 N–H and O–H groups in total. The molecule has 2 amide bonds. The highest BCUT2D eigenvalue weighted by molar-refractivity contribution is 7.99. The number of urea groups is 1. The van der Waals surface area contributed by atoms with Crippen molar-refractivity contribution in [3.05, 3.63) is 88.9 Å². The quantitative estimate of drug-likeness (QED) is 0.481. The van der Waals surface area contributed by atoms with Gasteiger partial charge < -0.3 is 19.7 Å². The highest BCUT2D eigenvalue weighted by Crippen LogP contribution is 2.41. The van der Waals surface area contributed by atoms with E-state index >= 15 is 0 Å². The molecule has 1 aliphatic rings. The average Bonchev–Trinajstić information content (AvgIpc) is 3.28. The van der Waals surface area contributed by atoms with E-state index in [1.807, 2.05) is 65.6 Å². The van der Waals surface area contributed by atoms with Crippen LogP contribution in [-0.4, -0.2) is 30.3 Å². The molecular weight excluding hydrogens is 432 g/mol. The highest BCUT2D eigenvalue weighted by Gasteiger charge is 2.31. The molecule has 1 unspecified atom stereocenters. The van der Waals surface area contributed by atoms with Gasteiger partial charge in [-0.05, 0) is 41.5 Å². The van der Waals surface area contributed by atoms with Gasteiger partial charge in [0.25, 0.3) is 0 Å². The van der Waals surface area contributed by atoms with Crippen molar-refractivity contribution in [2.75, 3.05) is 24.7 Å². The van der Waals surface area contributed by atoms with Gasteiger partial charge in [-0.15, -0.1) is 11.8 Å². The predicted octanol–water partition coefficient (Wildman–Crippen LogP) is 6.21. The van der Waals surface area contributed by atoms with E-state index in [4.69, 9.17) is 21.1 Å². The molecule has 3 aromatic rings. The number of rotatable bonds is 6. The van der Waals surface area contributed by atoms with Crippen LogP contribution in [0.3, 0.4) is 0 Å². The Balaban J connectivity index is 1.51. The Morgan fingerprint density at radius 1 is 1.10 bits per heavy atom. The van der Waals surface area contributed by atoms with E-state index in [-0.39, 0.29) is 11.4 Å². The number of nitrogens with one attached hydrogen (secondary N) is 1. The zero-order chi connectivity index (χ0) is 21.6. The van der Waals surface area contributed by atoms with Gasteiger partial charge in [-0.1, -0.05) is 54.1 Å². The fourth-order valence-electron chi connectivity index (χ4n) is 3.41. The second kappa shape index (κ2) is 9.98. The minimum absolute atomic E-state index is 0.107. The summed E-state index contributed by atoms with van der Waals surface area (Å²) in [6, 6.07) is 22.8. The van der Waals surface area contributed by atoms with Crippen LogP contribution in [0.15, 0.2) is 72.8 Å². The molecule has 1 fully saturated rings. The fourth-order valence-corrected chi connectivity index (χ4v) is 4.85. The summed E-state index contributed by atoms with van der Waals surface area (Å²) in [4.78, 5) is 14.8. The van der Waals surface area contributed by atoms with Crippen LogP contribution in [0, 0.1) is 0 Å². The fraction of sp³-hybridized carbons (Fsp3) is 0.208. The first-order chi connectivity index (χ1) is 15.1. The molecule has 0 bridgehead atoms. The molecule has 31 heavy (non-hydrogen) atoms. The number of thioether (sulfide) groups is 1. The molecule has 3 aromatic carbocycles. The molecule has 1 atom stereocenters. The third-order valence-corrected chi connectivity index (χ3v) is 6.43. The summed E-state index contributed by atoms with van der Waals surface area (Å²) >= 11 is 7.76. The molecule has 5 nitrogen and oxygen atoms in total. The molecule has 0 aliphatic carbocycles. The van der Waals surface area contributed by atoms with Crippen molar-refractivity contribution in [3.63, 3.8) is 0 Å². The molecule has 7 heteroatoms. The van der Waals surface area contributed by atoms with Gasteiger partial charge in [-0.25, -0.2) is 4.79 Å². The van der Waals surface area contributed by atoms with E-state index in [9.17, 15) is 4.79 Å². The monoisotopic (exact) mass is 454 g/mol. The molecule has 4 rings (SSSR count). The van der Waals surface area contributed by atoms with E-state index in [0.717, 1.165) is 16.9 Å². The maximum absolute atomic E-state index is 12.9. The number of amides is 2. The Morgan fingerprint density at radius 3 is 2.71 bits per heavy atom. The lowest BCUT2D eigenvalue weighted by molar-refractivity contribution is 0.214. The second-order valence-corrected chi connectivity index (χ2v) is 8.67. The molecule has 160 valence electrons. The maximum atomic E-state index is 12.9. The van der Waals surface area contributed by atoms with Gasteiger partial charge >= 0.3 is 6.03 Å². The van der Waals surface area contributed by atoms with Crippen molar-refractivity contribution in [2.45, 2.75) is 12.0 Å². The van der Waals surface area contributed by atoms with Crippen molar-refractivity contribution in [1.82, 2.24) is 4.90 Å². The molecule has 1 saturated heterocycles. The molecular formula is C24H23ClN2O3S. The summed E-state index contributed by atoms with van der Waals surface area (Å²) in [5.41, 5.74) is 2.75. The topological polar surface area (TPSA) is 50.8 Å². The summed E-state index contributed by atoms with van der Waals surface area (Å²) in [6.45, 7) is 1.10. The van der Waals surface area contributed by atoms with Gasteiger partial charge in [0.1, 0.15) is 12.0 Å². The summed E-state index contributed by atoms with van der Waals surface area (Å²) in [5, 5.41) is 3.42. The van der Waals surface area contributed by atoms with Crippen molar-refractivity contribution in [1.29, 1.82) is 0 Å². The largest absolute Gasteiger partial charge is 0.493 e. The van der Waals surface area contributed by atoms with E-state index in [1.54, 1.807) is 31.0 Å². The number of benzene rings is 3. The van der Waals surface area contributed by atoms with Crippen LogP contribution >= 0.6 is 23.4 Å². The Bertz CT molecular complexity index is 1050. The van der Waals surface area contributed by atoms with Crippen molar-refractivity contribution < 1.29 is 14.3 Å². The minimum Gasteiger partial charge on any atom is -0.493 e. The number of methoxy groups -OCH3 is 1. The normalized spacial score (nSPS) is 15.5. The SMILES string of the molecule is COc1ccc(C2SCCN2C(=O)Nc2cccc(Cl)c2)cc1OCc1ccccc1. The van der Waals surface area contributed by atoms with Crippen LogP contribution < -0.4 is 14.8 Å². The molecule has 0 saturated carbocycles. The maximum Gasteiger partial charge on any atom is 0.323 e. The van der Waals surface area contributed by atoms with Crippen molar-refractivity contribution in [3.8, 4) is 11.5 Å². The number of nitrogens with zero attached hydrogens (tertiary/aromatic N) is 1. The number of hydrogen-bond acceptors (Lipinski definition) is 4. The Morgan fingerprint density at radius 2 is 1.94 bits per heavy atom. The van der Waals surface area contributed by atoms with Gasteiger partial charge in [0.15, 0.2) is 11.5 Å². The summed E-state index contributed by atoms with van der Waals surface area (Å²) in [7, 11) is 1.62. The van der Waals surface area contributed by atoms with Crippen LogP contribution in [0.2, 0.25) is 5.02 Å². The number of anilines is 1. The Hall–Kier alpha value is -2.83. The van der Waals surface area contributed by atoms with Crippen molar-refractivity contribution in [2.24, 2.45) is 0 Å². The van der Waals surface area contributed by atoms with Crippen LogP contribution in [0.4, 0.5) is 10.5 Å². The third kappa shape index (κ3) is 5.27. The first kappa shape index (κ1) is 21.4. The van der Waals surface area contributed by atoms with Gasteiger partial charge in [0, 0.05) is 23.0 Å². The van der Waals surface area contributed by atoms with Crippen molar-refractivity contribution >= 4 is 35.1 Å². The lowest BCUT2D eigenvalue weighted by Crippen LogP contribution is -2.34. The van der Waals surface area contributed by atoms with E-state index < -0.39 is 0 Å². The van der Waals surface area contributed by atoms with Crippen LogP contribution in [0.1, 0.15) is 16.5 Å². The number of hydrogen-bond donors (Lipinski definition) is 1. The third-order valence-electron chi connectivity index (χ3n) is 4.94. The van der Waals surface area contributed by atoms with E-state index in [0.29, 0.717) is 35.4 Å². The number of ether oxygens (including phenoxy) is 2. The predicted molar refractivity (Wildman–Crippen MR) is 126 cm³/mol. The van der Waals surface area contributed by atoms with Crippen LogP contribution in [0.5, 0.6) is 11.5 Å². The highest BCUT2D eigenvalue weighted by atomic mass is 35.5. The van der Waals surface area contributed by atoms with Gasteiger partial charge in [-0.2, -0.15) is 0 Å². The standard InChI is InChI=1S/C24H23ClN2O3S/c1-29-21-11-10-18(14-22(21)30-16-17-6-3-2-4-7-17)23-27(12-13-31-23)24(28)26-20-9-5-8-19(25)15-20/h2-11,14-15,23H,12-13,16H2,1H3,(H,26,28). The molecule has 0 aromatic heterocycles. The van der Waals surface area contributed by atoms with E-state index in [1.165, 1.54) is 0 Å². The van der Waals surface area contributed by atoms with Gasteiger partial charge in [0.05, 0.1) is 7.11 Å². The minimum atomic E-state index is -0.153. The first-order valence-corrected chi connectivity index (χ1v) is 11.4. The summed E-state index contributed by atoms with van der Waals surface area (Å²) < 4.78 is 11.5. The Labute approximate surface area is 191 Å². The molecule has 1 aliphatic heterocycles. The smallest absolute Gasteiger partial charge is 0.323 e. The number of carbonyl (C=O) groups excluding carboxylic acids is 1. The summed E-state index contributed by atoms with van der Waals surface area (Å²) in [6.07, 6.45) is 0. The van der Waals surface area contributed by atoms with Gasteiger partial charge in [0.2, 0.25) is 0 Å². The average molecular weight is 455 g/mol. The first-order valence-electron chi connectivity index (χ1n) is 9.93. The van der Waals surface area contributed by atoms with Crippen LogP contribution in [0.25, 0.3) is 0 Å². The Kier molecular flexibility index (Phi) is 6.89.